The number of rotatable bonds is 3. The molecule has 1 N–H and O–H groups in total. The number of nitrogens with one attached hydrogen (secondary N) is 1. The van der Waals surface area contributed by atoms with Gasteiger partial charge >= 0.3 is 0 Å². The molecule has 21 heavy (non-hydrogen) atoms. The largest absolute Gasteiger partial charge is 0.354 e. The molecule has 5 nitrogen and oxygen atoms in total. The second-order valence-corrected chi connectivity index (χ2v) is 6.60. The minimum absolute atomic E-state index is 0.211. The minimum Gasteiger partial charge on any atom is -0.354 e. The van der Waals surface area contributed by atoms with Gasteiger partial charge in [0, 0.05) is 31.5 Å². The van der Waals surface area contributed by atoms with Gasteiger partial charge in [-0.05, 0) is 32.6 Å². The van der Waals surface area contributed by atoms with Gasteiger partial charge < -0.3 is 10.2 Å². The van der Waals surface area contributed by atoms with Crippen LogP contribution in [0.5, 0.6) is 0 Å². The third-order valence-electron chi connectivity index (χ3n) is 4.81. The van der Waals surface area contributed by atoms with Crippen LogP contribution in [-0.2, 0) is 4.79 Å². The number of carbonyl (C=O) groups is 1. The fourth-order valence-electron chi connectivity index (χ4n) is 3.50. The van der Waals surface area contributed by atoms with Crippen molar-refractivity contribution in [2.45, 2.75) is 51.5 Å². The van der Waals surface area contributed by atoms with Gasteiger partial charge in [-0.3, -0.25) is 9.78 Å². The van der Waals surface area contributed by atoms with Crippen molar-refractivity contribution in [2.75, 3.05) is 18.0 Å². The number of hydrogen-bond donors (Lipinski definition) is 1. The molecular formula is C16H24N4O. The van der Waals surface area contributed by atoms with E-state index in [1.54, 1.807) is 18.6 Å². The number of aromatic nitrogens is 2. The zero-order valence-corrected chi connectivity index (χ0v) is 12.7. The Morgan fingerprint density at radius 1 is 1.33 bits per heavy atom. The fraction of sp³-hybridized carbons (Fsp3) is 0.688. The number of nitrogens with zero attached hydrogens (tertiary/aromatic N) is 3. The summed E-state index contributed by atoms with van der Waals surface area (Å²) in [5, 5.41) is 3.26. The maximum Gasteiger partial charge on any atom is 0.227 e. The molecule has 1 aromatic rings. The van der Waals surface area contributed by atoms with Gasteiger partial charge in [0.1, 0.15) is 5.82 Å². The molecule has 2 fully saturated rings. The van der Waals surface area contributed by atoms with Crippen molar-refractivity contribution >= 4 is 11.7 Å². The van der Waals surface area contributed by atoms with Crippen LogP contribution in [0.2, 0.25) is 0 Å². The van der Waals surface area contributed by atoms with Gasteiger partial charge in [-0.25, -0.2) is 4.98 Å². The van der Waals surface area contributed by atoms with E-state index in [0.29, 0.717) is 6.04 Å². The van der Waals surface area contributed by atoms with Crippen LogP contribution >= 0.6 is 0 Å². The predicted octanol–water partition coefficient (Wildman–Crippen LogP) is 2.14. The van der Waals surface area contributed by atoms with E-state index in [9.17, 15) is 4.79 Å². The Balaban J connectivity index is 1.67. The van der Waals surface area contributed by atoms with Crippen molar-refractivity contribution in [3.05, 3.63) is 18.6 Å². The number of anilines is 1. The number of amides is 1. The molecule has 0 aromatic carbocycles. The lowest BCUT2D eigenvalue weighted by atomic mass is 9.80. The molecule has 1 saturated heterocycles. The summed E-state index contributed by atoms with van der Waals surface area (Å²) < 4.78 is 0. The van der Waals surface area contributed by atoms with Gasteiger partial charge in [0.15, 0.2) is 0 Å². The molecule has 1 aliphatic carbocycles. The molecule has 5 heteroatoms. The second-order valence-electron chi connectivity index (χ2n) is 6.60. The van der Waals surface area contributed by atoms with E-state index in [0.717, 1.165) is 44.6 Å². The molecule has 1 saturated carbocycles. The lowest BCUT2D eigenvalue weighted by Gasteiger charge is -2.40. The maximum absolute atomic E-state index is 12.7. The second kappa shape index (κ2) is 6.00. The molecule has 2 heterocycles. The molecule has 0 radical (unpaired) electrons. The quantitative estimate of drug-likeness (QED) is 0.926. The monoisotopic (exact) mass is 288 g/mol. The number of carbonyl (C=O) groups excluding carboxylic acids is 1. The smallest absolute Gasteiger partial charge is 0.227 e. The zero-order valence-electron chi connectivity index (χ0n) is 12.7. The van der Waals surface area contributed by atoms with E-state index >= 15 is 0 Å². The number of piperidine rings is 1. The van der Waals surface area contributed by atoms with Gasteiger partial charge in [0.25, 0.3) is 0 Å². The average molecular weight is 288 g/mol. The molecule has 1 amide bonds. The standard InChI is InChI=1S/C16H24N4O/c1-16(15(21)19-13-5-2-3-6-13)7-4-10-20(12-16)14-11-17-8-9-18-14/h8-9,11,13H,2-7,10,12H2,1H3,(H,19,21). The Hall–Kier alpha value is -1.65. The predicted molar refractivity (Wildman–Crippen MR) is 82.0 cm³/mol. The van der Waals surface area contributed by atoms with Crippen LogP contribution in [0.4, 0.5) is 5.82 Å². The molecule has 1 aromatic heterocycles. The molecule has 1 aliphatic heterocycles. The highest BCUT2D eigenvalue weighted by atomic mass is 16.2. The first-order valence-corrected chi connectivity index (χ1v) is 7.99. The van der Waals surface area contributed by atoms with Gasteiger partial charge in [0.2, 0.25) is 5.91 Å². The summed E-state index contributed by atoms with van der Waals surface area (Å²) >= 11 is 0. The summed E-state index contributed by atoms with van der Waals surface area (Å²) in [5.41, 5.74) is -0.321. The summed E-state index contributed by atoms with van der Waals surface area (Å²) in [6, 6.07) is 0.390. The molecular weight excluding hydrogens is 264 g/mol. The number of hydrogen-bond acceptors (Lipinski definition) is 4. The van der Waals surface area contributed by atoms with Crippen molar-refractivity contribution in [2.24, 2.45) is 5.41 Å². The molecule has 0 spiro atoms. The first-order valence-electron chi connectivity index (χ1n) is 7.99. The Morgan fingerprint density at radius 3 is 2.86 bits per heavy atom. The van der Waals surface area contributed by atoms with E-state index in [2.05, 4.69) is 27.1 Å². The lowest BCUT2D eigenvalue weighted by Crippen LogP contribution is -2.52. The molecule has 1 atom stereocenters. The van der Waals surface area contributed by atoms with Crippen molar-refractivity contribution in [1.82, 2.24) is 15.3 Å². The fourth-order valence-corrected chi connectivity index (χ4v) is 3.50. The summed E-state index contributed by atoms with van der Waals surface area (Å²) in [5.74, 6) is 1.08. The maximum atomic E-state index is 12.7. The highest BCUT2D eigenvalue weighted by Crippen LogP contribution is 2.32. The van der Waals surface area contributed by atoms with Crippen molar-refractivity contribution in [1.29, 1.82) is 0 Å². The Morgan fingerprint density at radius 2 is 2.14 bits per heavy atom. The minimum atomic E-state index is -0.321. The summed E-state index contributed by atoms with van der Waals surface area (Å²) in [7, 11) is 0. The van der Waals surface area contributed by atoms with Crippen molar-refractivity contribution in [3.63, 3.8) is 0 Å². The van der Waals surface area contributed by atoms with Crippen molar-refractivity contribution < 1.29 is 4.79 Å². The van der Waals surface area contributed by atoms with E-state index in [1.807, 2.05) is 0 Å². The first-order chi connectivity index (χ1) is 10.2. The normalized spacial score (nSPS) is 26.8. The molecule has 3 rings (SSSR count). The summed E-state index contributed by atoms with van der Waals surface area (Å²) in [6.07, 6.45) is 11.9. The van der Waals surface area contributed by atoms with Crippen LogP contribution in [0.15, 0.2) is 18.6 Å². The molecule has 2 aliphatic rings. The van der Waals surface area contributed by atoms with Crippen LogP contribution < -0.4 is 10.2 Å². The van der Waals surface area contributed by atoms with Crippen LogP contribution in [0, 0.1) is 5.41 Å². The van der Waals surface area contributed by atoms with Crippen molar-refractivity contribution in [3.8, 4) is 0 Å². The van der Waals surface area contributed by atoms with Gasteiger partial charge in [-0.15, -0.1) is 0 Å². The average Bonchev–Trinajstić information content (AvgIpc) is 3.01. The Labute approximate surface area is 126 Å². The zero-order chi connectivity index (χ0) is 14.7. The van der Waals surface area contributed by atoms with E-state index in [4.69, 9.17) is 0 Å². The van der Waals surface area contributed by atoms with E-state index in [1.165, 1.54) is 12.8 Å². The van der Waals surface area contributed by atoms with Crippen LogP contribution in [0.3, 0.4) is 0 Å². The molecule has 114 valence electrons. The van der Waals surface area contributed by atoms with Crippen LogP contribution in [0.25, 0.3) is 0 Å². The Bertz CT molecular complexity index is 486. The first kappa shape index (κ1) is 14.3. The Kier molecular flexibility index (Phi) is 4.08. The van der Waals surface area contributed by atoms with Gasteiger partial charge in [0.05, 0.1) is 11.6 Å². The molecule has 1 unspecified atom stereocenters. The summed E-state index contributed by atoms with van der Waals surface area (Å²) in [4.78, 5) is 23.4. The topological polar surface area (TPSA) is 58.1 Å². The SMILES string of the molecule is CC1(C(=O)NC2CCCC2)CCCN(c2cnccn2)C1. The highest BCUT2D eigenvalue weighted by molar-refractivity contribution is 5.83. The van der Waals surface area contributed by atoms with Gasteiger partial charge in [-0.2, -0.15) is 0 Å². The third kappa shape index (κ3) is 3.17. The van der Waals surface area contributed by atoms with Gasteiger partial charge in [-0.1, -0.05) is 12.8 Å². The van der Waals surface area contributed by atoms with E-state index < -0.39 is 0 Å². The summed E-state index contributed by atoms with van der Waals surface area (Å²) in [6.45, 7) is 3.76. The lowest BCUT2D eigenvalue weighted by molar-refractivity contribution is -0.131. The van der Waals surface area contributed by atoms with Crippen LogP contribution in [0.1, 0.15) is 45.4 Å². The highest BCUT2D eigenvalue weighted by Gasteiger charge is 2.39. The molecule has 0 bridgehead atoms. The third-order valence-corrected chi connectivity index (χ3v) is 4.81. The van der Waals surface area contributed by atoms with Crippen LogP contribution in [-0.4, -0.2) is 35.0 Å². The van der Waals surface area contributed by atoms with E-state index in [-0.39, 0.29) is 11.3 Å².